The highest BCUT2D eigenvalue weighted by Gasteiger charge is 2.29. The molecule has 4 aromatic carbocycles. The first-order valence-electron chi connectivity index (χ1n) is 17.0. The minimum atomic E-state index is -0.0936. The van der Waals surface area contributed by atoms with Gasteiger partial charge in [-0.05, 0) is 90.8 Å². The first-order chi connectivity index (χ1) is 23.2. The SMILES string of the molecule is CN(C)c1ccc(NC(=O)N(Cc2ccccc2)CC2CCCC(CN(Cc3ccccc3)C(=O)Nc3ccc(N(C)C)cc3)C2)cc1. The minimum Gasteiger partial charge on any atom is -0.378 e. The molecule has 1 aliphatic carbocycles. The van der Waals surface area contributed by atoms with Gasteiger partial charge < -0.3 is 30.2 Å². The molecule has 1 saturated carbocycles. The van der Waals surface area contributed by atoms with Crippen LogP contribution in [0.1, 0.15) is 36.8 Å². The second kappa shape index (κ2) is 16.7. The molecule has 0 aliphatic heterocycles. The molecule has 0 heterocycles. The van der Waals surface area contributed by atoms with E-state index in [1.54, 1.807) is 0 Å². The van der Waals surface area contributed by atoms with Crippen LogP contribution in [0.5, 0.6) is 0 Å². The van der Waals surface area contributed by atoms with Gasteiger partial charge in [0.15, 0.2) is 0 Å². The number of rotatable bonds is 12. The molecule has 252 valence electrons. The topological polar surface area (TPSA) is 71.2 Å². The Labute approximate surface area is 286 Å². The lowest BCUT2D eigenvalue weighted by atomic mass is 9.80. The van der Waals surface area contributed by atoms with Crippen molar-refractivity contribution in [1.82, 2.24) is 9.80 Å². The van der Waals surface area contributed by atoms with Crippen molar-refractivity contribution in [1.29, 1.82) is 0 Å². The molecule has 1 fully saturated rings. The Kier molecular flexibility index (Phi) is 12.0. The summed E-state index contributed by atoms with van der Waals surface area (Å²) in [5.74, 6) is 0.684. The van der Waals surface area contributed by atoms with Gasteiger partial charge in [0.2, 0.25) is 0 Å². The van der Waals surface area contributed by atoms with Crippen LogP contribution >= 0.6 is 0 Å². The van der Waals surface area contributed by atoms with E-state index in [0.717, 1.165) is 59.6 Å². The number of carbonyl (C=O) groups excluding carboxylic acids is 2. The molecular formula is C40H50N6O2. The van der Waals surface area contributed by atoms with E-state index < -0.39 is 0 Å². The number of benzene rings is 4. The summed E-state index contributed by atoms with van der Waals surface area (Å²) >= 11 is 0. The minimum absolute atomic E-state index is 0.0936. The van der Waals surface area contributed by atoms with Crippen molar-refractivity contribution in [3.63, 3.8) is 0 Å². The molecule has 5 rings (SSSR count). The molecular weight excluding hydrogens is 596 g/mol. The third-order valence-corrected chi connectivity index (χ3v) is 9.13. The summed E-state index contributed by atoms with van der Waals surface area (Å²) in [7, 11) is 8.02. The van der Waals surface area contributed by atoms with E-state index in [2.05, 4.69) is 34.9 Å². The van der Waals surface area contributed by atoms with E-state index in [4.69, 9.17) is 0 Å². The van der Waals surface area contributed by atoms with Crippen molar-refractivity contribution in [3.05, 3.63) is 120 Å². The van der Waals surface area contributed by atoms with E-state index in [-0.39, 0.29) is 12.1 Å². The molecule has 0 spiro atoms. The second-order valence-electron chi connectivity index (χ2n) is 13.4. The van der Waals surface area contributed by atoms with E-state index in [1.165, 1.54) is 0 Å². The summed E-state index contributed by atoms with van der Waals surface area (Å²) in [6, 6.07) is 36.0. The van der Waals surface area contributed by atoms with Crippen LogP contribution in [-0.4, -0.2) is 63.1 Å². The Hall–Kier alpha value is -4.98. The number of nitrogens with zero attached hydrogens (tertiary/aromatic N) is 4. The average Bonchev–Trinajstić information content (AvgIpc) is 3.09. The van der Waals surface area contributed by atoms with Gasteiger partial charge in [-0.25, -0.2) is 9.59 Å². The lowest BCUT2D eigenvalue weighted by Gasteiger charge is -2.36. The first-order valence-corrected chi connectivity index (χ1v) is 17.0. The van der Waals surface area contributed by atoms with Crippen molar-refractivity contribution in [2.24, 2.45) is 11.8 Å². The maximum Gasteiger partial charge on any atom is 0.322 e. The van der Waals surface area contributed by atoms with Gasteiger partial charge in [-0.3, -0.25) is 0 Å². The average molecular weight is 647 g/mol. The fourth-order valence-electron chi connectivity index (χ4n) is 6.49. The smallest absolute Gasteiger partial charge is 0.322 e. The van der Waals surface area contributed by atoms with Gasteiger partial charge in [0.05, 0.1) is 0 Å². The highest BCUT2D eigenvalue weighted by Crippen LogP contribution is 2.32. The molecule has 1 aliphatic rings. The highest BCUT2D eigenvalue weighted by atomic mass is 16.2. The molecule has 2 atom stereocenters. The van der Waals surface area contributed by atoms with Crippen LogP contribution in [0.2, 0.25) is 0 Å². The van der Waals surface area contributed by atoms with E-state index in [0.29, 0.717) is 38.0 Å². The third-order valence-electron chi connectivity index (χ3n) is 9.13. The van der Waals surface area contributed by atoms with Gasteiger partial charge in [0.1, 0.15) is 0 Å². The molecule has 8 heteroatoms. The zero-order chi connectivity index (χ0) is 33.9. The van der Waals surface area contributed by atoms with Gasteiger partial charge in [0.25, 0.3) is 0 Å². The predicted octanol–water partition coefficient (Wildman–Crippen LogP) is 8.39. The van der Waals surface area contributed by atoms with E-state index in [9.17, 15) is 9.59 Å². The van der Waals surface area contributed by atoms with Crippen molar-refractivity contribution < 1.29 is 9.59 Å². The fourth-order valence-corrected chi connectivity index (χ4v) is 6.49. The molecule has 2 N–H and O–H groups in total. The molecule has 0 bridgehead atoms. The van der Waals surface area contributed by atoms with Crippen molar-refractivity contribution >= 4 is 34.8 Å². The third kappa shape index (κ3) is 10.0. The van der Waals surface area contributed by atoms with Crippen LogP contribution in [0.15, 0.2) is 109 Å². The number of carbonyl (C=O) groups is 2. The lowest BCUT2D eigenvalue weighted by molar-refractivity contribution is 0.151. The molecule has 0 radical (unpaired) electrons. The maximum absolute atomic E-state index is 13.7. The number of hydrogen-bond acceptors (Lipinski definition) is 4. The number of urea groups is 2. The monoisotopic (exact) mass is 646 g/mol. The summed E-state index contributed by atoms with van der Waals surface area (Å²) in [5, 5.41) is 6.28. The Morgan fingerprint density at radius 3 is 1.29 bits per heavy atom. The number of amides is 4. The Bertz CT molecular complexity index is 1460. The van der Waals surface area contributed by atoms with Gasteiger partial charge in [0, 0.05) is 77.1 Å². The molecule has 4 amide bonds. The zero-order valence-electron chi connectivity index (χ0n) is 28.8. The van der Waals surface area contributed by atoms with Gasteiger partial charge in [-0.2, -0.15) is 0 Å². The molecule has 0 saturated heterocycles. The summed E-state index contributed by atoms with van der Waals surface area (Å²) in [6.07, 6.45) is 4.17. The normalized spacial score (nSPS) is 15.7. The second-order valence-corrected chi connectivity index (χ2v) is 13.4. The van der Waals surface area contributed by atoms with Crippen LogP contribution in [0, 0.1) is 11.8 Å². The van der Waals surface area contributed by atoms with E-state index >= 15 is 0 Å². The van der Waals surface area contributed by atoms with Crippen LogP contribution in [-0.2, 0) is 13.1 Å². The molecule has 4 aromatic rings. The summed E-state index contributed by atoms with van der Waals surface area (Å²) in [4.78, 5) is 35.5. The fraction of sp³-hybridized carbons (Fsp3) is 0.350. The predicted molar refractivity (Wildman–Crippen MR) is 199 cm³/mol. The standard InChI is InChI=1S/C40H50N6O2/c1-43(2)37-22-18-35(19-23-37)41-39(47)45(27-31-12-7-5-8-13-31)29-33-16-11-17-34(26-33)30-46(28-32-14-9-6-10-15-32)40(48)42-36-20-24-38(25-21-36)44(3)4/h5-10,12-15,18-25,33-34H,11,16-17,26-30H2,1-4H3,(H,41,47)(H,42,48). The van der Waals surface area contributed by atoms with Crippen molar-refractivity contribution in [3.8, 4) is 0 Å². The van der Waals surface area contributed by atoms with Crippen LogP contribution in [0.4, 0.5) is 32.3 Å². The Morgan fingerprint density at radius 2 is 0.938 bits per heavy atom. The zero-order valence-corrected chi connectivity index (χ0v) is 28.8. The Balaban J connectivity index is 1.27. The highest BCUT2D eigenvalue weighted by molar-refractivity contribution is 5.90. The largest absolute Gasteiger partial charge is 0.378 e. The van der Waals surface area contributed by atoms with Gasteiger partial charge >= 0.3 is 12.1 Å². The van der Waals surface area contributed by atoms with Gasteiger partial charge in [-0.1, -0.05) is 67.1 Å². The molecule has 2 unspecified atom stereocenters. The Morgan fingerprint density at radius 1 is 0.562 bits per heavy atom. The number of hydrogen-bond donors (Lipinski definition) is 2. The maximum atomic E-state index is 13.7. The molecule has 8 nitrogen and oxygen atoms in total. The van der Waals surface area contributed by atoms with Crippen molar-refractivity contribution in [2.75, 3.05) is 61.7 Å². The van der Waals surface area contributed by atoms with E-state index in [1.807, 2.05) is 133 Å². The first kappa shape index (κ1) is 34.4. The lowest BCUT2D eigenvalue weighted by Crippen LogP contribution is -2.42. The van der Waals surface area contributed by atoms with Crippen molar-refractivity contribution in [2.45, 2.75) is 38.8 Å². The number of anilines is 4. The molecule has 48 heavy (non-hydrogen) atoms. The van der Waals surface area contributed by atoms with Gasteiger partial charge in [-0.15, -0.1) is 0 Å². The van der Waals surface area contributed by atoms with Crippen LogP contribution in [0.25, 0.3) is 0 Å². The summed E-state index contributed by atoms with van der Waals surface area (Å²) in [6.45, 7) is 2.41. The van der Waals surface area contributed by atoms with Crippen LogP contribution in [0.3, 0.4) is 0 Å². The summed E-state index contributed by atoms with van der Waals surface area (Å²) in [5.41, 5.74) is 5.94. The summed E-state index contributed by atoms with van der Waals surface area (Å²) < 4.78 is 0. The van der Waals surface area contributed by atoms with Crippen LogP contribution < -0.4 is 20.4 Å². The quantitative estimate of drug-likeness (QED) is 0.162. The number of nitrogens with one attached hydrogen (secondary N) is 2. The molecule has 0 aromatic heterocycles.